The number of nitrogens with zero attached hydrogens (tertiary/aromatic N) is 1. The maximum atomic E-state index is 10.8. The minimum absolute atomic E-state index is 0.00858. The number of hydrogen-bond donors (Lipinski definition) is 0. The summed E-state index contributed by atoms with van der Waals surface area (Å²) in [6.07, 6.45) is 0. The van der Waals surface area contributed by atoms with Crippen molar-refractivity contribution in [1.29, 1.82) is 0 Å². The topological polar surface area (TPSA) is 52.4 Å². The molecule has 0 amide bonds. The summed E-state index contributed by atoms with van der Waals surface area (Å²) in [5.74, 6) is 1.16. The van der Waals surface area contributed by atoms with Gasteiger partial charge in [-0.3, -0.25) is 10.1 Å². The molecule has 7 heteroatoms. The highest BCUT2D eigenvalue weighted by Gasteiger charge is 2.15. The molecule has 0 saturated heterocycles. The second-order valence-corrected chi connectivity index (χ2v) is 6.14. The molecule has 0 spiro atoms. The van der Waals surface area contributed by atoms with E-state index in [2.05, 4.69) is 47.8 Å². The largest absolute Gasteiger partial charge is 0.455 e. The Hall–Kier alpha value is -0.920. The monoisotopic (exact) mass is 463 g/mol. The van der Waals surface area contributed by atoms with E-state index in [1.54, 1.807) is 0 Å². The molecule has 4 nitrogen and oxygen atoms in total. The second-order valence-electron chi connectivity index (χ2n) is 3.88. The molecule has 2 aromatic carbocycles. The molecule has 0 radical (unpaired) electrons. The summed E-state index contributed by atoms with van der Waals surface area (Å²) >= 11 is 9.94. The van der Waals surface area contributed by atoms with Crippen LogP contribution in [0.4, 0.5) is 5.69 Å². The second kappa shape index (κ2) is 6.69. The van der Waals surface area contributed by atoms with Crippen molar-refractivity contribution in [2.24, 2.45) is 0 Å². The van der Waals surface area contributed by atoms with Gasteiger partial charge in [0.2, 0.25) is 0 Å². The van der Waals surface area contributed by atoms with Gasteiger partial charge in [0.05, 0.1) is 13.9 Å². The van der Waals surface area contributed by atoms with Crippen LogP contribution in [0.25, 0.3) is 0 Å². The predicted octanol–water partition coefficient (Wildman–Crippen LogP) is 5.81. The molecule has 0 atom stereocenters. The van der Waals surface area contributed by atoms with E-state index in [1.807, 2.05) is 24.3 Å². The van der Waals surface area contributed by atoms with Gasteiger partial charge < -0.3 is 4.74 Å². The van der Waals surface area contributed by atoms with Crippen LogP contribution in [0, 0.1) is 10.1 Å². The zero-order chi connectivity index (χ0) is 14.7. The van der Waals surface area contributed by atoms with E-state index in [0.717, 1.165) is 10.9 Å². The van der Waals surface area contributed by atoms with Crippen molar-refractivity contribution >= 4 is 53.5 Å². The van der Waals surface area contributed by atoms with Crippen LogP contribution in [0.2, 0.25) is 0 Å². The van der Waals surface area contributed by atoms with Crippen LogP contribution in [0.15, 0.2) is 45.3 Å². The SMILES string of the molecule is O=[N+]([O-])c1cc(Br)c(Oc2ccc(CBr)cc2)c(Br)c1. The summed E-state index contributed by atoms with van der Waals surface area (Å²) in [4.78, 5) is 10.3. The zero-order valence-corrected chi connectivity index (χ0v) is 14.7. The van der Waals surface area contributed by atoms with E-state index in [-0.39, 0.29) is 5.69 Å². The molecule has 0 aromatic heterocycles. The minimum Gasteiger partial charge on any atom is -0.455 e. The minimum atomic E-state index is -0.454. The van der Waals surface area contributed by atoms with E-state index in [9.17, 15) is 10.1 Å². The maximum absolute atomic E-state index is 10.8. The first-order chi connectivity index (χ1) is 9.51. The van der Waals surface area contributed by atoms with Crippen LogP contribution in [0.1, 0.15) is 5.56 Å². The molecule has 0 bridgehead atoms. The highest BCUT2D eigenvalue weighted by molar-refractivity contribution is 9.11. The lowest BCUT2D eigenvalue weighted by Gasteiger charge is -2.10. The molecule has 0 saturated carbocycles. The number of non-ortho nitro benzene ring substituents is 1. The Kier molecular flexibility index (Phi) is 5.17. The van der Waals surface area contributed by atoms with Crippen LogP contribution in [-0.2, 0) is 5.33 Å². The Morgan fingerprint density at radius 2 is 1.65 bits per heavy atom. The van der Waals surface area contributed by atoms with E-state index in [4.69, 9.17) is 4.74 Å². The van der Waals surface area contributed by atoms with Crippen molar-refractivity contribution < 1.29 is 9.66 Å². The van der Waals surface area contributed by atoms with Gasteiger partial charge in [-0.15, -0.1) is 0 Å². The van der Waals surface area contributed by atoms with E-state index >= 15 is 0 Å². The standard InChI is InChI=1S/C13H8Br3NO3/c14-7-8-1-3-10(4-2-8)20-13-11(15)5-9(17(18)19)6-12(13)16/h1-6H,7H2. The fraction of sp³-hybridized carbons (Fsp3) is 0.0769. The smallest absolute Gasteiger partial charge is 0.271 e. The Balaban J connectivity index is 2.30. The lowest BCUT2D eigenvalue weighted by molar-refractivity contribution is -0.385. The van der Waals surface area contributed by atoms with Crippen molar-refractivity contribution in [2.45, 2.75) is 5.33 Å². The molecule has 0 N–H and O–H groups in total. The molecule has 2 rings (SSSR count). The van der Waals surface area contributed by atoms with Gasteiger partial charge >= 0.3 is 0 Å². The number of alkyl halides is 1. The van der Waals surface area contributed by atoms with Crippen LogP contribution in [0.5, 0.6) is 11.5 Å². The van der Waals surface area contributed by atoms with Crippen LogP contribution < -0.4 is 4.74 Å². The average molecular weight is 466 g/mol. The summed E-state index contributed by atoms with van der Waals surface area (Å²) in [7, 11) is 0. The summed E-state index contributed by atoms with van der Waals surface area (Å²) in [6.45, 7) is 0. The fourth-order valence-corrected chi connectivity index (χ4v) is 3.21. The molecule has 0 fully saturated rings. The Morgan fingerprint density at radius 3 is 2.10 bits per heavy atom. The third kappa shape index (κ3) is 3.59. The van der Waals surface area contributed by atoms with Gasteiger partial charge in [-0.05, 0) is 49.6 Å². The first-order valence-corrected chi connectivity index (χ1v) is 8.18. The fourth-order valence-electron chi connectivity index (χ4n) is 1.51. The van der Waals surface area contributed by atoms with Gasteiger partial charge in [0.15, 0.2) is 5.75 Å². The summed E-state index contributed by atoms with van der Waals surface area (Å²) in [5, 5.41) is 11.5. The first kappa shape index (κ1) is 15.5. The Morgan fingerprint density at radius 1 is 1.10 bits per heavy atom. The highest BCUT2D eigenvalue weighted by atomic mass is 79.9. The number of rotatable bonds is 4. The maximum Gasteiger partial charge on any atom is 0.271 e. The van der Waals surface area contributed by atoms with Crippen LogP contribution in [0.3, 0.4) is 0 Å². The van der Waals surface area contributed by atoms with Crippen molar-refractivity contribution in [3.63, 3.8) is 0 Å². The molecule has 2 aromatic rings. The summed E-state index contributed by atoms with van der Waals surface area (Å²) < 4.78 is 6.78. The molecule has 0 unspecified atom stereocenters. The van der Waals surface area contributed by atoms with Gasteiger partial charge in [-0.25, -0.2) is 0 Å². The van der Waals surface area contributed by atoms with Crippen molar-refractivity contribution in [3.05, 3.63) is 61.0 Å². The summed E-state index contributed by atoms with van der Waals surface area (Å²) in [6, 6.07) is 10.4. The van der Waals surface area contributed by atoms with Crippen LogP contribution in [-0.4, -0.2) is 4.92 Å². The van der Waals surface area contributed by atoms with Gasteiger partial charge in [-0.1, -0.05) is 28.1 Å². The average Bonchev–Trinajstić information content (AvgIpc) is 2.43. The van der Waals surface area contributed by atoms with Gasteiger partial charge in [0, 0.05) is 17.5 Å². The quantitative estimate of drug-likeness (QED) is 0.325. The number of halogens is 3. The highest BCUT2D eigenvalue weighted by Crippen LogP contribution is 2.39. The number of nitro benzene ring substituents is 1. The Labute approximate surface area is 140 Å². The number of benzene rings is 2. The van der Waals surface area contributed by atoms with Crippen molar-refractivity contribution in [3.8, 4) is 11.5 Å². The molecule has 104 valence electrons. The van der Waals surface area contributed by atoms with Gasteiger partial charge in [-0.2, -0.15) is 0 Å². The van der Waals surface area contributed by atoms with E-state index in [1.165, 1.54) is 12.1 Å². The molecule has 0 aliphatic carbocycles. The number of nitro groups is 1. The molecular weight excluding hydrogens is 458 g/mol. The van der Waals surface area contributed by atoms with E-state index < -0.39 is 4.92 Å². The Bertz CT molecular complexity index is 621. The first-order valence-electron chi connectivity index (χ1n) is 5.47. The van der Waals surface area contributed by atoms with Gasteiger partial charge in [0.1, 0.15) is 5.75 Å². The lowest BCUT2D eigenvalue weighted by atomic mass is 10.2. The number of ether oxygens (including phenoxy) is 1. The predicted molar refractivity (Wildman–Crippen MR) is 87.6 cm³/mol. The van der Waals surface area contributed by atoms with Crippen molar-refractivity contribution in [1.82, 2.24) is 0 Å². The van der Waals surface area contributed by atoms with Gasteiger partial charge in [0.25, 0.3) is 5.69 Å². The molecule has 20 heavy (non-hydrogen) atoms. The zero-order valence-electron chi connectivity index (χ0n) is 9.98. The molecule has 0 aliphatic heterocycles. The van der Waals surface area contributed by atoms with E-state index in [0.29, 0.717) is 20.4 Å². The molecule has 0 heterocycles. The van der Waals surface area contributed by atoms with Crippen molar-refractivity contribution in [2.75, 3.05) is 0 Å². The number of hydrogen-bond acceptors (Lipinski definition) is 3. The van der Waals surface area contributed by atoms with Crippen LogP contribution >= 0.6 is 47.8 Å². The molecular formula is C13H8Br3NO3. The summed E-state index contributed by atoms with van der Waals surface area (Å²) in [5.41, 5.74) is 1.13. The third-order valence-corrected chi connectivity index (χ3v) is 4.32. The third-order valence-electron chi connectivity index (χ3n) is 2.49. The lowest BCUT2D eigenvalue weighted by Crippen LogP contribution is -1.92. The normalized spacial score (nSPS) is 10.3. The molecule has 0 aliphatic rings.